The molecule has 0 spiro atoms. The van der Waals surface area contributed by atoms with Crippen molar-refractivity contribution in [2.75, 3.05) is 18.5 Å². The molecular weight excluding hydrogens is 422 g/mol. The van der Waals surface area contributed by atoms with Crippen LogP contribution in [0.15, 0.2) is 70.4 Å². The monoisotopic (exact) mass is 443 g/mol. The molecule has 0 aromatic heterocycles. The van der Waals surface area contributed by atoms with Gasteiger partial charge in [0.05, 0.1) is 22.7 Å². The van der Waals surface area contributed by atoms with Gasteiger partial charge in [-0.3, -0.25) is 4.79 Å². The van der Waals surface area contributed by atoms with Gasteiger partial charge in [0, 0.05) is 12.7 Å². The summed E-state index contributed by atoms with van der Waals surface area (Å²) in [5, 5.41) is 3.84. The highest BCUT2D eigenvalue weighted by molar-refractivity contribution is 7.25. The molecule has 1 amide bonds. The minimum Gasteiger partial charge on any atom is -0.367 e. The lowest BCUT2D eigenvalue weighted by Crippen LogP contribution is -2.27. The highest BCUT2D eigenvalue weighted by Crippen LogP contribution is 2.23. The van der Waals surface area contributed by atoms with E-state index < -0.39 is 23.9 Å². The Balaban J connectivity index is 3.12. The number of nitrogens with zero attached hydrogens (tertiary/aromatic N) is 2. The summed E-state index contributed by atoms with van der Waals surface area (Å²) in [7, 11) is 2.25. The van der Waals surface area contributed by atoms with E-state index in [-0.39, 0.29) is 18.5 Å². The highest BCUT2D eigenvalue weighted by Gasteiger charge is 2.10. The molecule has 0 saturated carbocycles. The van der Waals surface area contributed by atoms with E-state index in [0.29, 0.717) is 16.3 Å². The van der Waals surface area contributed by atoms with E-state index in [2.05, 4.69) is 26.3 Å². The number of aryl methyl sites for hydroxylation is 1. The minimum absolute atomic E-state index is 0.0856. The first-order valence-electron chi connectivity index (χ1n) is 8.42. The first kappa shape index (κ1) is 24.7. The van der Waals surface area contributed by atoms with Crippen LogP contribution in [0.2, 0.25) is 5.02 Å². The number of carbonyl (C=O) groups excluding carboxylic acids is 1. The summed E-state index contributed by atoms with van der Waals surface area (Å²) in [6.07, 6.45) is 3.45. The van der Waals surface area contributed by atoms with Crippen LogP contribution in [0.5, 0.6) is 0 Å². The molecule has 1 aromatic carbocycles. The van der Waals surface area contributed by atoms with Crippen LogP contribution < -0.4 is 5.32 Å². The van der Waals surface area contributed by atoms with E-state index in [1.165, 1.54) is 6.20 Å². The molecule has 29 heavy (non-hydrogen) atoms. The van der Waals surface area contributed by atoms with Crippen molar-refractivity contribution in [3.8, 4) is 0 Å². The predicted octanol–water partition coefficient (Wildman–Crippen LogP) is 5.84. The molecule has 1 rings (SSSR count). The number of halogens is 4. The number of anilines is 1. The second-order valence-corrected chi connectivity index (χ2v) is 6.95. The molecule has 1 unspecified atom stereocenters. The fourth-order valence-corrected chi connectivity index (χ4v) is 2.68. The van der Waals surface area contributed by atoms with Crippen LogP contribution in [0.25, 0.3) is 0 Å². The van der Waals surface area contributed by atoms with Crippen LogP contribution in [0, 0.1) is 6.92 Å². The third-order valence-corrected chi connectivity index (χ3v) is 4.42. The maximum absolute atomic E-state index is 13.7. The first-order valence-corrected chi connectivity index (χ1v) is 9.38. The standard InChI is InChI=1S/C20H22ClF3N3OP/c1-4-14(8-16(23)17(24)9-22)10-27(11-19(29)20(28)25-3)12-26-18-7-13(2)5-6-15(18)21/h4-9,11,26H,3,10,12,29H2,1-2H3/b14-4+,16-8+,17-9-,19-11+. The Hall–Kier alpha value is -2.37. The van der Waals surface area contributed by atoms with Crippen molar-refractivity contribution in [1.29, 1.82) is 0 Å². The van der Waals surface area contributed by atoms with Gasteiger partial charge in [-0.05, 0) is 49.9 Å². The van der Waals surface area contributed by atoms with Gasteiger partial charge in [0.2, 0.25) is 0 Å². The number of rotatable bonds is 9. The van der Waals surface area contributed by atoms with Gasteiger partial charge in [0.1, 0.15) is 6.33 Å². The largest absolute Gasteiger partial charge is 0.367 e. The van der Waals surface area contributed by atoms with Gasteiger partial charge in [-0.2, -0.15) is 0 Å². The Labute approximate surface area is 175 Å². The second kappa shape index (κ2) is 12.2. The third-order valence-electron chi connectivity index (χ3n) is 3.70. The van der Waals surface area contributed by atoms with Crippen molar-refractivity contribution >= 4 is 39.2 Å². The van der Waals surface area contributed by atoms with Gasteiger partial charge in [-0.25, -0.2) is 18.2 Å². The van der Waals surface area contributed by atoms with Crippen molar-refractivity contribution in [2.45, 2.75) is 13.8 Å². The molecular formula is C20H22ClF3N3OP. The summed E-state index contributed by atoms with van der Waals surface area (Å²) < 4.78 is 38.9. The molecule has 0 bridgehead atoms. The average Bonchev–Trinajstić information content (AvgIpc) is 2.71. The molecule has 0 saturated heterocycles. The molecule has 1 atom stereocenters. The zero-order valence-corrected chi connectivity index (χ0v) is 18.0. The number of hydrogen-bond acceptors (Lipinski definition) is 3. The molecule has 1 N–H and O–H groups in total. The zero-order valence-electron chi connectivity index (χ0n) is 16.1. The summed E-state index contributed by atoms with van der Waals surface area (Å²) in [4.78, 5) is 16.7. The minimum atomic E-state index is -1.60. The number of amides is 1. The summed E-state index contributed by atoms with van der Waals surface area (Å²) in [6.45, 7) is 6.99. The number of hydrogen-bond donors (Lipinski definition) is 1. The molecule has 4 nitrogen and oxygen atoms in total. The van der Waals surface area contributed by atoms with Crippen LogP contribution in [0.4, 0.5) is 18.9 Å². The smallest absolute Gasteiger partial charge is 0.277 e. The Morgan fingerprint density at radius 2 is 2.07 bits per heavy atom. The maximum Gasteiger partial charge on any atom is 0.277 e. The van der Waals surface area contributed by atoms with Crippen LogP contribution in [-0.2, 0) is 4.79 Å². The van der Waals surface area contributed by atoms with Crippen LogP contribution >= 0.6 is 20.8 Å². The number of benzene rings is 1. The summed E-state index contributed by atoms with van der Waals surface area (Å²) in [5.41, 5.74) is 2.01. The van der Waals surface area contributed by atoms with E-state index >= 15 is 0 Å². The fourth-order valence-electron chi connectivity index (χ4n) is 2.19. The lowest BCUT2D eigenvalue weighted by atomic mass is 10.2. The van der Waals surface area contributed by atoms with E-state index in [4.69, 9.17) is 11.6 Å². The molecule has 0 fully saturated rings. The fraction of sp³-hybridized carbons (Fsp3) is 0.200. The Morgan fingerprint density at radius 1 is 1.38 bits per heavy atom. The quantitative estimate of drug-likeness (QED) is 0.171. The Kier molecular flexibility index (Phi) is 10.4. The lowest BCUT2D eigenvalue weighted by molar-refractivity contribution is -0.113. The zero-order chi connectivity index (χ0) is 22.0. The van der Waals surface area contributed by atoms with Gasteiger partial charge in [0.15, 0.2) is 11.7 Å². The molecule has 0 aliphatic heterocycles. The predicted molar refractivity (Wildman–Crippen MR) is 117 cm³/mol. The molecule has 0 heterocycles. The van der Waals surface area contributed by atoms with Crippen LogP contribution in [0.3, 0.4) is 0 Å². The van der Waals surface area contributed by atoms with Crippen molar-refractivity contribution in [3.63, 3.8) is 0 Å². The SMILES string of the molecule is C=NC(=O)/C(P)=C\N(CNc1cc(C)ccc1Cl)CC(=C/C)/C=C(F)\C(F)=C\F. The lowest BCUT2D eigenvalue weighted by Gasteiger charge is -2.23. The van der Waals surface area contributed by atoms with E-state index in [9.17, 15) is 18.0 Å². The summed E-state index contributed by atoms with van der Waals surface area (Å²) in [5.74, 6) is -3.49. The van der Waals surface area contributed by atoms with Gasteiger partial charge in [-0.1, -0.05) is 33.0 Å². The Bertz CT molecular complexity index is 882. The molecule has 0 aliphatic rings. The molecule has 1 aromatic rings. The Morgan fingerprint density at radius 3 is 2.66 bits per heavy atom. The van der Waals surface area contributed by atoms with Gasteiger partial charge in [0.25, 0.3) is 5.91 Å². The first-order chi connectivity index (χ1) is 13.7. The van der Waals surface area contributed by atoms with E-state index in [0.717, 1.165) is 11.6 Å². The normalized spacial score (nSPS) is 13.3. The van der Waals surface area contributed by atoms with Crippen molar-refractivity contribution in [2.24, 2.45) is 4.99 Å². The number of carbonyl (C=O) groups is 1. The topological polar surface area (TPSA) is 44.7 Å². The van der Waals surface area contributed by atoms with E-state index in [1.54, 1.807) is 24.0 Å². The maximum atomic E-state index is 13.7. The second-order valence-electron chi connectivity index (χ2n) is 5.93. The highest BCUT2D eigenvalue weighted by atomic mass is 35.5. The van der Waals surface area contributed by atoms with Crippen LogP contribution in [-0.4, -0.2) is 30.7 Å². The summed E-state index contributed by atoms with van der Waals surface area (Å²) >= 11 is 6.18. The van der Waals surface area contributed by atoms with E-state index in [1.807, 2.05) is 19.1 Å². The third kappa shape index (κ3) is 8.26. The van der Waals surface area contributed by atoms with Gasteiger partial charge >= 0.3 is 0 Å². The molecule has 0 radical (unpaired) electrons. The number of aliphatic imine (C=N–C) groups is 1. The average molecular weight is 444 g/mol. The van der Waals surface area contributed by atoms with Crippen molar-refractivity contribution in [3.05, 3.63) is 76.0 Å². The molecule has 9 heteroatoms. The number of allylic oxidation sites excluding steroid dienone is 3. The van der Waals surface area contributed by atoms with Gasteiger partial charge in [-0.15, -0.1) is 0 Å². The summed E-state index contributed by atoms with van der Waals surface area (Å²) in [6, 6.07) is 5.45. The van der Waals surface area contributed by atoms with Crippen molar-refractivity contribution < 1.29 is 18.0 Å². The number of nitrogens with one attached hydrogen (secondary N) is 1. The van der Waals surface area contributed by atoms with Crippen LogP contribution in [0.1, 0.15) is 12.5 Å². The van der Waals surface area contributed by atoms with Gasteiger partial charge < -0.3 is 10.2 Å². The molecule has 0 aliphatic carbocycles. The molecule has 156 valence electrons. The van der Waals surface area contributed by atoms with Crippen molar-refractivity contribution in [1.82, 2.24) is 4.90 Å².